The summed E-state index contributed by atoms with van der Waals surface area (Å²) in [5.74, 6) is 0.477. The summed E-state index contributed by atoms with van der Waals surface area (Å²) < 4.78 is 13.3. The summed E-state index contributed by atoms with van der Waals surface area (Å²) in [4.78, 5) is 18.1. The fraction of sp³-hybridized carbons (Fsp3) is 0.250. The van der Waals surface area contributed by atoms with E-state index in [0.29, 0.717) is 0 Å². The van der Waals surface area contributed by atoms with Gasteiger partial charge in [0.15, 0.2) is 0 Å². The Labute approximate surface area is 152 Å². The molecule has 1 aromatic carbocycles. The molecular weight excluding hydrogens is 329 g/mol. The van der Waals surface area contributed by atoms with Gasteiger partial charge < -0.3 is 9.80 Å². The van der Waals surface area contributed by atoms with E-state index in [1.807, 2.05) is 18.3 Å². The average molecular weight is 349 g/mol. The van der Waals surface area contributed by atoms with Crippen molar-refractivity contribution < 1.29 is 4.39 Å². The van der Waals surface area contributed by atoms with Gasteiger partial charge in [0.05, 0.1) is 5.69 Å². The molecule has 0 N–H and O–H groups in total. The van der Waals surface area contributed by atoms with Crippen LogP contribution in [0.2, 0.25) is 0 Å². The van der Waals surface area contributed by atoms with Gasteiger partial charge in [-0.2, -0.15) is 0 Å². The van der Waals surface area contributed by atoms with E-state index < -0.39 is 0 Å². The fourth-order valence-electron chi connectivity index (χ4n) is 3.10. The lowest BCUT2D eigenvalue weighted by Crippen LogP contribution is -2.45. The Morgan fingerprint density at radius 3 is 2.27 bits per heavy atom. The Hall–Kier alpha value is -2.86. The van der Waals surface area contributed by atoms with Gasteiger partial charge in [0.2, 0.25) is 5.95 Å². The molecular formula is C20H20FN5. The highest BCUT2D eigenvalue weighted by atomic mass is 19.1. The summed E-state index contributed by atoms with van der Waals surface area (Å²) in [6.45, 7) is 3.80. The second-order valence-electron chi connectivity index (χ2n) is 6.47. The molecule has 0 spiro atoms. The maximum absolute atomic E-state index is 13.3. The standard InChI is InChI=1S/C20H20FN5/c1-25-10-12-26(13-11-25)20-23-14-18(15-2-4-17(21)5-3-15)19(24-20)16-6-8-22-9-7-16/h2-9,14H,10-13H2,1H3. The Morgan fingerprint density at radius 1 is 0.885 bits per heavy atom. The Morgan fingerprint density at radius 2 is 1.58 bits per heavy atom. The zero-order valence-corrected chi connectivity index (χ0v) is 14.6. The molecule has 1 aliphatic heterocycles. The number of hydrogen-bond acceptors (Lipinski definition) is 5. The lowest BCUT2D eigenvalue weighted by Gasteiger charge is -2.32. The third-order valence-electron chi connectivity index (χ3n) is 4.67. The van der Waals surface area contributed by atoms with Crippen LogP contribution in [0.3, 0.4) is 0 Å². The van der Waals surface area contributed by atoms with E-state index in [1.165, 1.54) is 12.1 Å². The quantitative estimate of drug-likeness (QED) is 0.727. The van der Waals surface area contributed by atoms with Gasteiger partial charge in [-0.15, -0.1) is 0 Å². The minimum Gasteiger partial charge on any atom is -0.338 e. The van der Waals surface area contributed by atoms with Crippen LogP contribution < -0.4 is 4.90 Å². The first-order valence-corrected chi connectivity index (χ1v) is 8.67. The molecule has 2 aromatic heterocycles. The van der Waals surface area contributed by atoms with Crippen molar-refractivity contribution in [2.24, 2.45) is 0 Å². The van der Waals surface area contributed by atoms with Crippen molar-refractivity contribution >= 4 is 5.95 Å². The number of benzene rings is 1. The molecule has 0 amide bonds. The van der Waals surface area contributed by atoms with Crippen molar-refractivity contribution in [1.29, 1.82) is 0 Å². The fourth-order valence-corrected chi connectivity index (χ4v) is 3.10. The Bertz CT molecular complexity index is 874. The molecule has 0 saturated carbocycles. The average Bonchev–Trinajstić information content (AvgIpc) is 2.69. The number of halogens is 1. The Kier molecular flexibility index (Phi) is 4.58. The van der Waals surface area contributed by atoms with Crippen LogP contribution in [0.4, 0.5) is 10.3 Å². The second kappa shape index (κ2) is 7.17. The summed E-state index contributed by atoms with van der Waals surface area (Å²) in [5.41, 5.74) is 3.58. The monoisotopic (exact) mass is 349 g/mol. The molecule has 1 saturated heterocycles. The summed E-state index contributed by atoms with van der Waals surface area (Å²) >= 11 is 0. The van der Waals surface area contributed by atoms with Crippen LogP contribution in [-0.4, -0.2) is 53.1 Å². The summed E-state index contributed by atoms with van der Waals surface area (Å²) in [6.07, 6.45) is 5.34. The number of nitrogens with zero attached hydrogens (tertiary/aromatic N) is 5. The number of aromatic nitrogens is 3. The van der Waals surface area contributed by atoms with Crippen molar-refractivity contribution in [1.82, 2.24) is 19.9 Å². The minimum absolute atomic E-state index is 0.255. The molecule has 1 aliphatic rings. The van der Waals surface area contributed by atoms with Gasteiger partial charge >= 0.3 is 0 Å². The zero-order chi connectivity index (χ0) is 17.9. The molecule has 5 nitrogen and oxygen atoms in total. The molecule has 6 heteroatoms. The molecule has 3 aromatic rings. The molecule has 3 heterocycles. The molecule has 4 rings (SSSR count). The lowest BCUT2D eigenvalue weighted by atomic mass is 10.0. The van der Waals surface area contributed by atoms with E-state index in [-0.39, 0.29) is 5.82 Å². The molecule has 0 radical (unpaired) electrons. The van der Waals surface area contributed by atoms with Crippen LogP contribution in [-0.2, 0) is 0 Å². The largest absolute Gasteiger partial charge is 0.338 e. The van der Waals surface area contributed by atoms with Gasteiger partial charge in [-0.05, 0) is 36.9 Å². The molecule has 26 heavy (non-hydrogen) atoms. The van der Waals surface area contributed by atoms with Crippen molar-refractivity contribution in [2.45, 2.75) is 0 Å². The number of rotatable bonds is 3. The number of hydrogen-bond donors (Lipinski definition) is 0. The van der Waals surface area contributed by atoms with Crippen molar-refractivity contribution in [3.8, 4) is 22.4 Å². The first-order chi connectivity index (χ1) is 12.7. The number of anilines is 1. The third-order valence-corrected chi connectivity index (χ3v) is 4.67. The molecule has 0 atom stereocenters. The number of pyridine rings is 1. The van der Waals surface area contributed by atoms with Crippen molar-refractivity contribution in [3.63, 3.8) is 0 Å². The molecule has 0 unspecified atom stereocenters. The van der Waals surface area contributed by atoms with Crippen LogP contribution >= 0.6 is 0 Å². The predicted octanol–water partition coefficient (Wildman–Crippen LogP) is 3.10. The van der Waals surface area contributed by atoms with E-state index in [2.05, 4.69) is 26.8 Å². The third kappa shape index (κ3) is 3.41. The van der Waals surface area contributed by atoms with Gasteiger partial charge in [-0.1, -0.05) is 12.1 Å². The van der Waals surface area contributed by atoms with E-state index in [0.717, 1.165) is 54.5 Å². The minimum atomic E-state index is -0.255. The van der Waals surface area contributed by atoms with Crippen molar-refractivity contribution in [2.75, 3.05) is 38.1 Å². The van der Waals surface area contributed by atoms with Crippen LogP contribution in [0, 0.1) is 5.82 Å². The maximum atomic E-state index is 13.3. The van der Waals surface area contributed by atoms with Crippen LogP contribution in [0.1, 0.15) is 0 Å². The SMILES string of the molecule is CN1CCN(c2ncc(-c3ccc(F)cc3)c(-c3ccncc3)n2)CC1. The lowest BCUT2D eigenvalue weighted by molar-refractivity contribution is 0.311. The highest BCUT2D eigenvalue weighted by molar-refractivity contribution is 5.80. The maximum Gasteiger partial charge on any atom is 0.225 e. The van der Waals surface area contributed by atoms with Gasteiger partial charge in [-0.3, -0.25) is 4.98 Å². The summed E-state index contributed by atoms with van der Waals surface area (Å²) in [6, 6.07) is 10.3. The zero-order valence-electron chi connectivity index (χ0n) is 14.6. The molecule has 132 valence electrons. The number of likely N-dealkylation sites (N-methyl/N-ethyl adjacent to an activating group) is 1. The summed E-state index contributed by atoms with van der Waals surface area (Å²) in [5, 5.41) is 0. The molecule has 0 bridgehead atoms. The van der Waals surface area contributed by atoms with E-state index in [4.69, 9.17) is 4.98 Å². The van der Waals surface area contributed by atoms with E-state index >= 15 is 0 Å². The topological polar surface area (TPSA) is 45.2 Å². The molecule has 0 aliphatic carbocycles. The first kappa shape index (κ1) is 16.6. The van der Waals surface area contributed by atoms with Gasteiger partial charge in [0.1, 0.15) is 5.82 Å². The normalized spacial score (nSPS) is 15.2. The van der Waals surface area contributed by atoms with Gasteiger partial charge in [0.25, 0.3) is 0 Å². The van der Waals surface area contributed by atoms with Crippen molar-refractivity contribution in [3.05, 3.63) is 60.8 Å². The van der Waals surface area contributed by atoms with Gasteiger partial charge in [-0.25, -0.2) is 14.4 Å². The second-order valence-corrected chi connectivity index (χ2v) is 6.47. The number of piperazine rings is 1. The predicted molar refractivity (Wildman–Crippen MR) is 100 cm³/mol. The first-order valence-electron chi connectivity index (χ1n) is 8.67. The van der Waals surface area contributed by atoms with Crippen LogP contribution in [0.25, 0.3) is 22.4 Å². The smallest absolute Gasteiger partial charge is 0.225 e. The van der Waals surface area contributed by atoms with E-state index in [1.54, 1.807) is 24.5 Å². The van der Waals surface area contributed by atoms with Gasteiger partial charge in [0, 0.05) is 55.9 Å². The molecule has 1 fully saturated rings. The highest BCUT2D eigenvalue weighted by Crippen LogP contribution is 2.31. The van der Waals surface area contributed by atoms with Crippen LogP contribution in [0.15, 0.2) is 55.0 Å². The highest BCUT2D eigenvalue weighted by Gasteiger charge is 2.19. The summed E-state index contributed by atoms with van der Waals surface area (Å²) in [7, 11) is 2.12. The van der Waals surface area contributed by atoms with Crippen LogP contribution in [0.5, 0.6) is 0 Å². The Balaban J connectivity index is 1.78. The van der Waals surface area contributed by atoms with E-state index in [9.17, 15) is 4.39 Å².